The minimum atomic E-state index is -0.918. The van der Waals surface area contributed by atoms with E-state index < -0.39 is 6.04 Å². The first-order chi connectivity index (χ1) is 17.5. The van der Waals surface area contributed by atoms with Gasteiger partial charge in [0, 0.05) is 13.2 Å². The molecule has 7 nitrogen and oxygen atoms in total. The molecular formula is C28H31N3O4S. The zero-order valence-electron chi connectivity index (χ0n) is 20.5. The number of rotatable bonds is 9. The number of anilines is 1. The van der Waals surface area contributed by atoms with E-state index in [1.165, 1.54) is 16.2 Å². The van der Waals surface area contributed by atoms with Crippen molar-refractivity contribution in [1.82, 2.24) is 10.6 Å². The number of hydrogen-bond acceptors (Lipinski definition) is 5. The first-order valence-corrected chi connectivity index (χ1v) is 13.0. The zero-order valence-corrected chi connectivity index (χ0v) is 21.3. The van der Waals surface area contributed by atoms with Crippen molar-refractivity contribution in [1.29, 1.82) is 0 Å². The maximum absolute atomic E-state index is 13.8. The molecule has 2 heterocycles. The Labute approximate surface area is 215 Å². The third-order valence-corrected chi connectivity index (χ3v) is 7.11. The molecule has 0 aliphatic carbocycles. The van der Waals surface area contributed by atoms with Crippen LogP contribution < -0.4 is 15.5 Å². The molecule has 2 atom stereocenters. The molecule has 4 rings (SSSR count). The van der Waals surface area contributed by atoms with Crippen LogP contribution in [0.25, 0.3) is 0 Å². The van der Waals surface area contributed by atoms with Crippen molar-refractivity contribution >= 4 is 34.7 Å². The normalized spacial score (nSPS) is 15.8. The second kappa shape index (κ2) is 12.0. The summed E-state index contributed by atoms with van der Waals surface area (Å²) in [5.74, 6) is -0.991. The molecule has 36 heavy (non-hydrogen) atoms. The van der Waals surface area contributed by atoms with Crippen LogP contribution in [-0.4, -0.2) is 43.5 Å². The average molecular weight is 506 g/mol. The summed E-state index contributed by atoms with van der Waals surface area (Å²) >= 11 is 1.31. The largest absolute Gasteiger partial charge is 0.376 e. The average Bonchev–Trinajstić information content (AvgIpc) is 3.60. The highest BCUT2D eigenvalue weighted by molar-refractivity contribution is 7.12. The lowest BCUT2D eigenvalue weighted by molar-refractivity contribution is -0.126. The van der Waals surface area contributed by atoms with E-state index in [0.717, 1.165) is 24.0 Å². The van der Waals surface area contributed by atoms with Gasteiger partial charge in [0.1, 0.15) is 6.04 Å². The second-order valence-corrected chi connectivity index (χ2v) is 9.81. The zero-order chi connectivity index (χ0) is 25.5. The van der Waals surface area contributed by atoms with Crippen LogP contribution in [0.5, 0.6) is 0 Å². The van der Waals surface area contributed by atoms with E-state index in [1.807, 2.05) is 67.8 Å². The lowest BCUT2D eigenvalue weighted by atomic mass is 9.99. The van der Waals surface area contributed by atoms with E-state index in [2.05, 4.69) is 10.6 Å². The number of nitrogens with zero attached hydrogens (tertiary/aromatic N) is 1. The quantitative estimate of drug-likeness (QED) is 0.457. The van der Waals surface area contributed by atoms with Crippen LogP contribution in [0, 0.1) is 13.8 Å². The molecular weight excluding hydrogens is 474 g/mol. The molecule has 1 aromatic heterocycles. The standard InChI is InChI=1S/C28H31N3O4S/c1-19-9-6-10-20(2)25(19)31(24(32)18-30-27(33)23-14-8-16-36-23)26(21-11-4-3-5-12-21)28(34)29-17-22-13-7-15-35-22/h3-6,8-12,14,16,22,26H,7,13,15,17-18H2,1-2H3,(H,29,34)(H,30,33)/t22-,26-/m0/s1. The predicted octanol–water partition coefficient (Wildman–Crippen LogP) is 4.16. The van der Waals surface area contributed by atoms with Crippen molar-refractivity contribution in [2.45, 2.75) is 38.8 Å². The maximum Gasteiger partial charge on any atom is 0.261 e. The summed E-state index contributed by atoms with van der Waals surface area (Å²) < 4.78 is 5.68. The Morgan fingerprint density at radius 1 is 1.00 bits per heavy atom. The Kier molecular flexibility index (Phi) is 8.51. The van der Waals surface area contributed by atoms with Gasteiger partial charge in [0.2, 0.25) is 11.8 Å². The van der Waals surface area contributed by atoms with Gasteiger partial charge in [-0.15, -0.1) is 11.3 Å². The van der Waals surface area contributed by atoms with E-state index in [4.69, 9.17) is 4.74 Å². The number of ether oxygens (including phenoxy) is 1. The molecule has 1 aliphatic rings. The number of carbonyl (C=O) groups excluding carboxylic acids is 3. The summed E-state index contributed by atoms with van der Waals surface area (Å²) in [6.07, 6.45) is 1.84. The first kappa shape index (κ1) is 25.6. The third-order valence-electron chi connectivity index (χ3n) is 6.24. The molecule has 2 N–H and O–H groups in total. The summed E-state index contributed by atoms with van der Waals surface area (Å²) in [6.45, 7) is 4.66. The number of hydrogen-bond donors (Lipinski definition) is 2. The Bertz CT molecular complexity index is 1170. The van der Waals surface area contributed by atoms with Crippen molar-refractivity contribution in [3.05, 3.63) is 87.6 Å². The van der Waals surface area contributed by atoms with E-state index in [0.29, 0.717) is 29.3 Å². The Hall–Kier alpha value is -3.49. The van der Waals surface area contributed by atoms with E-state index in [1.54, 1.807) is 12.1 Å². The molecule has 0 bridgehead atoms. The molecule has 1 saturated heterocycles. The number of nitrogens with one attached hydrogen (secondary N) is 2. The van der Waals surface area contributed by atoms with Crippen LogP contribution in [0.4, 0.5) is 5.69 Å². The number of benzene rings is 2. The molecule has 0 radical (unpaired) electrons. The van der Waals surface area contributed by atoms with Gasteiger partial charge in [-0.25, -0.2) is 0 Å². The van der Waals surface area contributed by atoms with Crippen LogP contribution in [0.1, 0.15) is 45.2 Å². The van der Waals surface area contributed by atoms with Gasteiger partial charge in [0.25, 0.3) is 5.91 Å². The van der Waals surface area contributed by atoms with Gasteiger partial charge in [-0.1, -0.05) is 54.6 Å². The van der Waals surface area contributed by atoms with E-state index in [9.17, 15) is 14.4 Å². The minimum Gasteiger partial charge on any atom is -0.376 e. The monoisotopic (exact) mass is 505 g/mol. The smallest absolute Gasteiger partial charge is 0.261 e. The van der Waals surface area contributed by atoms with Gasteiger partial charge in [-0.2, -0.15) is 0 Å². The van der Waals surface area contributed by atoms with Gasteiger partial charge in [0.15, 0.2) is 0 Å². The fraction of sp³-hybridized carbons (Fsp3) is 0.321. The maximum atomic E-state index is 13.8. The summed E-state index contributed by atoms with van der Waals surface area (Å²) in [7, 11) is 0. The number of thiophene rings is 1. The van der Waals surface area contributed by atoms with E-state index in [-0.39, 0.29) is 30.4 Å². The van der Waals surface area contributed by atoms with Gasteiger partial charge >= 0.3 is 0 Å². The SMILES string of the molecule is Cc1cccc(C)c1N(C(=O)CNC(=O)c1cccs1)[C@H](C(=O)NC[C@@H]1CCCO1)c1ccccc1. The van der Waals surface area contributed by atoms with Crippen molar-refractivity contribution in [3.63, 3.8) is 0 Å². The summed E-state index contributed by atoms with van der Waals surface area (Å²) in [5, 5.41) is 7.54. The van der Waals surface area contributed by atoms with Crippen molar-refractivity contribution in [3.8, 4) is 0 Å². The van der Waals surface area contributed by atoms with Gasteiger partial charge in [-0.3, -0.25) is 19.3 Å². The molecule has 1 aliphatic heterocycles. The molecule has 3 aromatic rings. The Morgan fingerprint density at radius 2 is 1.75 bits per heavy atom. The van der Waals surface area contributed by atoms with Crippen LogP contribution in [-0.2, 0) is 14.3 Å². The van der Waals surface area contributed by atoms with Crippen molar-refractivity contribution in [2.24, 2.45) is 0 Å². The topological polar surface area (TPSA) is 87.7 Å². The van der Waals surface area contributed by atoms with E-state index >= 15 is 0 Å². The summed E-state index contributed by atoms with van der Waals surface area (Å²) in [6, 6.07) is 17.6. The number of amides is 3. The van der Waals surface area contributed by atoms with Crippen LogP contribution in [0.2, 0.25) is 0 Å². The fourth-order valence-corrected chi connectivity index (χ4v) is 5.13. The first-order valence-electron chi connectivity index (χ1n) is 12.1. The summed E-state index contributed by atoms with van der Waals surface area (Å²) in [4.78, 5) is 42.1. The number of para-hydroxylation sites is 1. The summed E-state index contributed by atoms with van der Waals surface area (Å²) in [5.41, 5.74) is 3.07. The Balaban J connectivity index is 1.68. The highest BCUT2D eigenvalue weighted by Crippen LogP contribution is 2.33. The van der Waals surface area contributed by atoms with Gasteiger partial charge < -0.3 is 15.4 Å². The molecule has 0 spiro atoms. The predicted molar refractivity (Wildman–Crippen MR) is 141 cm³/mol. The molecule has 3 amide bonds. The highest BCUT2D eigenvalue weighted by Gasteiger charge is 2.34. The molecule has 1 fully saturated rings. The minimum absolute atomic E-state index is 0.0280. The van der Waals surface area contributed by atoms with Gasteiger partial charge in [0.05, 0.1) is 23.2 Å². The van der Waals surface area contributed by atoms with Crippen molar-refractivity contribution in [2.75, 3.05) is 24.6 Å². The Morgan fingerprint density at radius 3 is 2.39 bits per heavy atom. The third kappa shape index (κ3) is 6.01. The number of aryl methyl sites for hydroxylation is 2. The molecule has 188 valence electrons. The molecule has 8 heteroatoms. The van der Waals surface area contributed by atoms with Crippen LogP contribution in [0.3, 0.4) is 0 Å². The molecule has 2 aromatic carbocycles. The molecule has 0 saturated carbocycles. The van der Waals surface area contributed by atoms with Crippen LogP contribution in [0.15, 0.2) is 66.0 Å². The van der Waals surface area contributed by atoms with Gasteiger partial charge in [-0.05, 0) is 54.8 Å². The number of carbonyl (C=O) groups is 3. The molecule has 0 unspecified atom stereocenters. The van der Waals surface area contributed by atoms with Crippen molar-refractivity contribution < 1.29 is 19.1 Å². The lowest BCUT2D eigenvalue weighted by Crippen LogP contribution is -2.49. The second-order valence-electron chi connectivity index (χ2n) is 8.86. The lowest BCUT2D eigenvalue weighted by Gasteiger charge is -2.34. The van der Waals surface area contributed by atoms with Crippen LogP contribution >= 0.6 is 11.3 Å². The fourth-order valence-electron chi connectivity index (χ4n) is 4.49. The highest BCUT2D eigenvalue weighted by atomic mass is 32.1.